The highest BCUT2D eigenvalue weighted by molar-refractivity contribution is 5.11. The molecule has 2 aromatic rings. The molecule has 2 aromatic heterocycles. The summed E-state index contributed by atoms with van der Waals surface area (Å²) in [6.07, 6.45) is 3.61. The molecule has 4 nitrogen and oxygen atoms in total. The van der Waals surface area contributed by atoms with Gasteiger partial charge >= 0.3 is 0 Å². The molecule has 68 valence electrons. The Hall–Kier alpha value is -1.58. The van der Waals surface area contributed by atoms with E-state index in [-0.39, 0.29) is 0 Å². The Balaban J connectivity index is 2.24. The van der Waals surface area contributed by atoms with Crippen LogP contribution in [0.2, 0.25) is 0 Å². The normalized spacial score (nSPS) is 10.6. The SMILES string of the molecule is Cc1ncn(Cc2ccn[nH]2)c1C. The average Bonchev–Trinajstić information content (AvgIpc) is 2.71. The smallest absolute Gasteiger partial charge is 0.0955 e. The summed E-state index contributed by atoms with van der Waals surface area (Å²) in [4.78, 5) is 4.23. The van der Waals surface area contributed by atoms with Crippen LogP contribution < -0.4 is 0 Å². The van der Waals surface area contributed by atoms with Gasteiger partial charge in [0.05, 0.1) is 24.3 Å². The van der Waals surface area contributed by atoms with Crippen LogP contribution in [0.4, 0.5) is 0 Å². The quantitative estimate of drug-likeness (QED) is 0.749. The Morgan fingerprint density at radius 2 is 2.31 bits per heavy atom. The minimum atomic E-state index is 0.812. The van der Waals surface area contributed by atoms with Crippen LogP contribution in [-0.4, -0.2) is 19.7 Å². The molecule has 0 atom stereocenters. The lowest BCUT2D eigenvalue weighted by molar-refractivity contribution is 0.743. The van der Waals surface area contributed by atoms with E-state index in [4.69, 9.17) is 0 Å². The fourth-order valence-electron chi connectivity index (χ4n) is 1.26. The standard InChI is InChI=1S/C9H12N4/c1-7-8(2)13(6-10-7)5-9-3-4-11-12-9/h3-4,6H,5H2,1-2H3,(H,11,12). The van der Waals surface area contributed by atoms with Crippen molar-refractivity contribution in [2.45, 2.75) is 20.4 Å². The molecule has 13 heavy (non-hydrogen) atoms. The number of H-pyrrole nitrogens is 1. The van der Waals surface area contributed by atoms with E-state index < -0.39 is 0 Å². The lowest BCUT2D eigenvalue weighted by Gasteiger charge is -2.02. The monoisotopic (exact) mass is 176 g/mol. The fraction of sp³-hybridized carbons (Fsp3) is 0.333. The number of nitrogens with zero attached hydrogens (tertiary/aromatic N) is 3. The molecule has 0 saturated carbocycles. The topological polar surface area (TPSA) is 46.5 Å². The van der Waals surface area contributed by atoms with Gasteiger partial charge in [-0.05, 0) is 19.9 Å². The zero-order chi connectivity index (χ0) is 9.26. The van der Waals surface area contributed by atoms with Crippen molar-refractivity contribution in [2.75, 3.05) is 0 Å². The summed E-state index contributed by atoms with van der Waals surface area (Å²) in [7, 11) is 0. The molecule has 0 aliphatic rings. The van der Waals surface area contributed by atoms with Gasteiger partial charge in [0, 0.05) is 11.9 Å². The molecule has 0 amide bonds. The molecule has 0 spiro atoms. The highest BCUT2D eigenvalue weighted by Crippen LogP contribution is 2.06. The van der Waals surface area contributed by atoms with E-state index >= 15 is 0 Å². The highest BCUT2D eigenvalue weighted by Gasteiger charge is 2.02. The van der Waals surface area contributed by atoms with Gasteiger partial charge in [-0.25, -0.2) is 4.98 Å². The summed E-state index contributed by atoms with van der Waals surface area (Å²) in [5.74, 6) is 0. The minimum absolute atomic E-state index is 0.812. The predicted octanol–water partition coefficient (Wildman–Crippen LogP) is 1.27. The van der Waals surface area contributed by atoms with E-state index in [1.807, 2.05) is 19.3 Å². The van der Waals surface area contributed by atoms with Gasteiger partial charge in [-0.3, -0.25) is 5.10 Å². The molecule has 0 bridgehead atoms. The first-order valence-corrected chi connectivity index (χ1v) is 4.24. The summed E-state index contributed by atoms with van der Waals surface area (Å²) in [6, 6.07) is 1.97. The lowest BCUT2D eigenvalue weighted by atomic mass is 10.3. The first-order chi connectivity index (χ1) is 6.27. The molecular weight excluding hydrogens is 164 g/mol. The third kappa shape index (κ3) is 1.47. The fourth-order valence-corrected chi connectivity index (χ4v) is 1.26. The molecular formula is C9H12N4. The second kappa shape index (κ2) is 3.05. The number of imidazole rings is 1. The van der Waals surface area contributed by atoms with Crippen molar-refractivity contribution in [3.63, 3.8) is 0 Å². The summed E-state index contributed by atoms with van der Waals surface area (Å²) < 4.78 is 2.10. The van der Waals surface area contributed by atoms with Gasteiger partial charge in [-0.1, -0.05) is 0 Å². The molecule has 0 aromatic carbocycles. The Morgan fingerprint density at radius 3 is 2.85 bits per heavy atom. The Bertz CT molecular complexity index is 386. The molecule has 0 unspecified atom stereocenters. The summed E-state index contributed by atoms with van der Waals surface area (Å²) in [5.41, 5.74) is 3.38. The van der Waals surface area contributed by atoms with Gasteiger partial charge in [0.1, 0.15) is 0 Å². The Labute approximate surface area is 76.6 Å². The first kappa shape index (κ1) is 8.04. The maximum Gasteiger partial charge on any atom is 0.0955 e. The van der Waals surface area contributed by atoms with Gasteiger partial charge in [0.2, 0.25) is 0 Å². The number of aromatic amines is 1. The van der Waals surface area contributed by atoms with Crippen molar-refractivity contribution < 1.29 is 0 Å². The van der Waals surface area contributed by atoms with Crippen molar-refractivity contribution in [3.8, 4) is 0 Å². The van der Waals surface area contributed by atoms with Crippen LogP contribution >= 0.6 is 0 Å². The van der Waals surface area contributed by atoms with Crippen LogP contribution in [0.25, 0.3) is 0 Å². The van der Waals surface area contributed by atoms with E-state index in [1.165, 1.54) is 5.69 Å². The Kier molecular flexibility index (Phi) is 1.88. The zero-order valence-corrected chi connectivity index (χ0v) is 7.78. The van der Waals surface area contributed by atoms with Crippen molar-refractivity contribution in [2.24, 2.45) is 0 Å². The molecule has 1 N–H and O–H groups in total. The van der Waals surface area contributed by atoms with Crippen LogP contribution in [0.1, 0.15) is 17.1 Å². The average molecular weight is 176 g/mol. The van der Waals surface area contributed by atoms with Crippen LogP contribution in [-0.2, 0) is 6.54 Å². The van der Waals surface area contributed by atoms with Crippen molar-refractivity contribution in [1.82, 2.24) is 19.7 Å². The highest BCUT2D eigenvalue weighted by atomic mass is 15.1. The molecule has 2 rings (SSSR count). The summed E-state index contributed by atoms with van der Waals surface area (Å²) >= 11 is 0. The maximum atomic E-state index is 4.23. The number of hydrogen-bond acceptors (Lipinski definition) is 2. The van der Waals surface area contributed by atoms with Gasteiger partial charge in [-0.15, -0.1) is 0 Å². The third-order valence-corrected chi connectivity index (χ3v) is 2.24. The van der Waals surface area contributed by atoms with Crippen LogP contribution in [0.3, 0.4) is 0 Å². The summed E-state index contributed by atoms with van der Waals surface area (Å²) in [5, 5.41) is 6.82. The number of aryl methyl sites for hydroxylation is 1. The number of hydrogen-bond donors (Lipinski definition) is 1. The zero-order valence-electron chi connectivity index (χ0n) is 7.78. The van der Waals surface area contributed by atoms with Gasteiger partial charge < -0.3 is 4.57 Å². The number of rotatable bonds is 2. The predicted molar refractivity (Wildman–Crippen MR) is 49.4 cm³/mol. The minimum Gasteiger partial charge on any atom is -0.329 e. The lowest BCUT2D eigenvalue weighted by Crippen LogP contribution is -2.00. The van der Waals surface area contributed by atoms with E-state index in [0.29, 0.717) is 0 Å². The molecule has 2 heterocycles. The van der Waals surface area contributed by atoms with Gasteiger partial charge in [0.15, 0.2) is 0 Å². The van der Waals surface area contributed by atoms with Crippen molar-refractivity contribution >= 4 is 0 Å². The molecule has 0 aliphatic carbocycles. The van der Waals surface area contributed by atoms with E-state index in [1.54, 1.807) is 6.20 Å². The Morgan fingerprint density at radius 1 is 1.46 bits per heavy atom. The molecule has 4 heteroatoms. The van der Waals surface area contributed by atoms with Crippen LogP contribution in [0.5, 0.6) is 0 Å². The molecule has 0 aliphatic heterocycles. The molecule has 0 fully saturated rings. The molecule has 0 saturated heterocycles. The van der Waals surface area contributed by atoms with Crippen LogP contribution in [0.15, 0.2) is 18.6 Å². The number of nitrogens with one attached hydrogen (secondary N) is 1. The second-order valence-corrected chi connectivity index (χ2v) is 3.13. The van der Waals surface area contributed by atoms with Crippen LogP contribution in [0, 0.1) is 13.8 Å². The molecule has 0 radical (unpaired) electrons. The van der Waals surface area contributed by atoms with E-state index in [2.05, 4.69) is 26.7 Å². The van der Waals surface area contributed by atoms with Crippen molar-refractivity contribution in [3.05, 3.63) is 35.7 Å². The van der Waals surface area contributed by atoms with Gasteiger partial charge in [0.25, 0.3) is 0 Å². The second-order valence-electron chi connectivity index (χ2n) is 3.13. The first-order valence-electron chi connectivity index (χ1n) is 4.24. The largest absolute Gasteiger partial charge is 0.329 e. The third-order valence-electron chi connectivity index (χ3n) is 2.24. The van der Waals surface area contributed by atoms with Crippen molar-refractivity contribution in [1.29, 1.82) is 0 Å². The van der Waals surface area contributed by atoms with E-state index in [9.17, 15) is 0 Å². The number of aromatic nitrogens is 4. The maximum absolute atomic E-state index is 4.23. The van der Waals surface area contributed by atoms with Gasteiger partial charge in [-0.2, -0.15) is 5.10 Å². The van der Waals surface area contributed by atoms with E-state index in [0.717, 1.165) is 17.9 Å². The summed E-state index contributed by atoms with van der Waals surface area (Å²) in [6.45, 7) is 4.89.